The van der Waals surface area contributed by atoms with E-state index in [2.05, 4.69) is 28.7 Å². The maximum absolute atomic E-state index is 12.7. The highest BCUT2D eigenvalue weighted by atomic mass is 16.6. The van der Waals surface area contributed by atoms with E-state index in [9.17, 15) is 4.79 Å². The van der Waals surface area contributed by atoms with Crippen molar-refractivity contribution in [2.45, 2.75) is 51.8 Å². The molecule has 0 unspecified atom stereocenters. The summed E-state index contributed by atoms with van der Waals surface area (Å²) in [5.74, 6) is 0.872. The quantitative estimate of drug-likeness (QED) is 0.577. The van der Waals surface area contributed by atoms with Gasteiger partial charge in [0.25, 0.3) is 0 Å². The summed E-state index contributed by atoms with van der Waals surface area (Å²) < 4.78 is 7.82. The SMILES string of the molecule is CN(c1nc2ccccc2n1Cc1ccc(C#N)cc1)[C@H]1CCCN(C(=O)OC(C)(C)C)C1. The van der Waals surface area contributed by atoms with Gasteiger partial charge in [-0.2, -0.15) is 5.26 Å². The maximum Gasteiger partial charge on any atom is 0.410 e. The molecule has 1 aromatic heterocycles. The van der Waals surface area contributed by atoms with Crippen molar-refractivity contribution >= 4 is 23.1 Å². The molecule has 0 N–H and O–H groups in total. The number of fused-ring (bicyclic) bond motifs is 1. The summed E-state index contributed by atoms with van der Waals surface area (Å²) in [6.45, 7) is 7.64. The molecule has 172 valence electrons. The fourth-order valence-electron chi connectivity index (χ4n) is 4.28. The van der Waals surface area contributed by atoms with Crippen molar-refractivity contribution < 1.29 is 9.53 Å². The third-order valence-corrected chi connectivity index (χ3v) is 5.97. The Bertz CT molecular complexity index is 1170. The van der Waals surface area contributed by atoms with E-state index in [1.807, 2.05) is 68.1 Å². The van der Waals surface area contributed by atoms with Gasteiger partial charge in [0.15, 0.2) is 0 Å². The van der Waals surface area contributed by atoms with Gasteiger partial charge in [0.1, 0.15) is 5.60 Å². The van der Waals surface area contributed by atoms with Gasteiger partial charge < -0.3 is 19.1 Å². The van der Waals surface area contributed by atoms with Crippen molar-refractivity contribution in [1.82, 2.24) is 14.5 Å². The van der Waals surface area contributed by atoms with Gasteiger partial charge in [0.2, 0.25) is 5.95 Å². The van der Waals surface area contributed by atoms with Crippen LogP contribution < -0.4 is 4.90 Å². The van der Waals surface area contributed by atoms with Crippen molar-refractivity contribution in [3.63, 3.8) is 0 Å². The lowest BCUT2D eigenvalue weighted by Gasteiger charge is -2.38. The van der Waals surface area contributed by atoms with Gasteiger partial charge in [-0.25, -0.2) is 9.78 Å². The van der Waals surface area contributed by atoms with Gasteiger partial charge in [-0.05, 0) is 63.4 Å². The first-order chi connectivity index (χ1) is 15.7. The van der Waals surface area contributed by atoms with Crippen LogP contribution in [-0.2, 0) is 11.3 Å². The predicted octanol–water partition coefficient (Wildman–Crippen LogP) is 4.79. The molecule has 4 rings (SSSR count). The summed E-state index contributed by atoms with van der Waals surface area (Å²) in [6, 6.07) is 18.1. The molecule has 3 aromatic rings. The number of hydrogen-bond donors (Lipinski definition) is 0. The number of aromatic nitrogens is 2. The number of nitriles is 1. The van der Waals surface area contributed by atoms with Crippen molar-refractivity contribution in [3.05, 3.63) is 59.7 Å². The van der Waals surface area contributed by atoms with E-state index < -0.39 is 5.60 Å². The van der Waals surface area contributed by atoms with Crippen molar-refractivity contribution in [1.29, 1.82) is 5.26 Å². The lowest BCUT2D eigenvalue weighted by molar-refractivity contribution is 0.0199. The second-order valence-electron chi connectivity index (χ2n) is 9.63. The molecule has 1 atom stereocenters. The minimum atomic E-state index is -0.509. The maximum atomic E-state index is 12.7. The van der Waals surface area contributed by atoms with Gasteiger partial charge in [-0.1, -0.05) is 24.3 Å². The number of nitrogens with zero attached hydrogens (tertiary/aromatic N) is 5. The topological polar surface area (TPSA) is 74.4 Å². The number of imidazole rings is 1. The largest absolute Gasteiger partial charge is 0.444 e. The second kappa shape index (κ2) is 9.14. The van der Waals surface area contributed by atoms with Gasteiger partial charge in [0, 0.05) is 26.2 Å². The van der Waals surface area contributed by atoms with Crippen LogP contribution in [0.3, 0.4) is 0 Å². The number of likely N-dealkylation sites (tertiary alicyclic amines) is 1. The zero-order valence-electron chi connectivity index (χ0n) is 19.8. The van der Waals surface area contributed by atoms with Crippen LogP contribution >= 0.6 is 0 Å². The number of amides is 1. The van der Waals surface area contributed by atoms with Crippen LogP contribution in [0.1, 0.15) is 44.7 Å². The molecule has 1 aliphatic heterocycles. The van der Waals surface area contributed by atoms with Crippen molar-refractivity contribution in [2.75, 3.05) is 25.0 Å². The summed E-state index contributed by atoms with van der Waals surface area (Å²) in [4.78, 5) is 21.6. The molecule has 0 radical (unpaired) electrons. The zero-order chi connectivity index (χ0) is 23.6. The van der Waals surface area contributed by atoms with Crippen LogP contribution in [0.4, 0.5) is 10.7 Å². The fraction of sp³-hybridized carbons (Fsp3) is 0.423. The van der Waals surface area contributed by atoms with Crippen LogP contribution in [0.5, 0.6) is 0 Å². The summed E-state index contributed by atoms with van der Waals surface area (Å²) in [5, 5.41) is 9.10. The van der Waals surface area contributed by atoms with Crippen LogP contribution in [0.15, 0.2) is 48.5 Å². The fourth-order valence-corrected chi connectivity index (χ4v) is 4.28. The molecule has 7 heteroatoms. The van der Waals surface area contributed by atoms with Crippen LogP contribution in [-0.4, -0.2) is 52.3 Å². The van der Waals surface area contributed by atoms with Crippen LogP contribution in [0.2, 0.25) is 0 Å². The average molecular weight is 446 g/mol. The molecular weight excluding hydrogens is 414 g/mol. The average Bonchev–Trinajstić information content (AvgIpc) is 3.16. The molecule has 33 heavy (non-hydrogen) atoms. The number of piperidine rings is 1. The zero-order valence-corrected chi connectivity index (χ0v) is 19.8. The number of ether oxygens (including phenoxy) is 1. The Morgan fingerprint density at radius 2 is 1.94 bits per heavy atom. The predicted molar refractivity (Wildman–Crippen MR) is 129 cm³/mol. The molecule has 0 aliphatic carbocycles. The monoisotopic (exact) mass is 445 g/mol. The number of carbonyl (C=O) groups is 1. The number of likely N-dealkylation sites (N-methyl/N-ethyl adjacent to an activating group) is 1. The van der Waals surface area contributed by atoms with Crippen molar-refractivity contribution in [3.8, 4) is 6.07 Å². The van der Waals surface area contributed by atoms with E-state index in [4.69, 9.17) is 15.0 Å². The van der Waals surface area contributed by atoms with Crippen LogP contribution in [0, 0.1) is 11.3 Å². The lowest BCUT2D eigenvalue weighted by atomic mass is 10.1. The summed E-state index contributed by atoms with van der Waals surface area (Å²) in [5.41, 5.74) is 3.24. The first-order valence-electron chi connectivity index (χ1n) is 11.4. The molecule has 0 spiro atoms. The highest BCUT2D eigenvalue weighted by molar-refractivity contribution is 5.79. The van der Waals surface area contributed by atoms with Crippen molar-refractivity contribution in [2.24, 2.45) is 0 Å². The summed E-state index contributed by atoms with van der Waals surface area (Å²) >= 11 is 0. The number of para-hydroxylation sites is 2. The summed E-state index contributed by atoms with van der Waals surface area (Å²) in [6.07, 6.45) is 1.65. The van der Waals surface area contributed by atoms with E-state index in [1.165, 1.54) is 0 Å². The highest BCUT2D eigenvalue weighted by Gasteiger charge is 2.31. The minimum absolute atomic E-state index is 0.141. The Balaban J connectivity index is 1.61. The Hall–Kier alpha value is -3.53. The van der Waals surface area contributed by atoms with Gasteiger partial charge in [0.05, 0.1) is 29.2 Å². The molecule has 1 amide bonds. The molecular formula is C26H31N5O2. The third kappa shape index (κ3) is 5.11. The Morgan fingerprint density at radius 3 is 2.64 bits per heavy atom. The Kier molecular flexibility index (Phi) is 6.28. The van der Waals surface area contributed by atoms with E-state index in [-0.39, 0.29) is 12.1 Å². The van der Waals surface area contributed by atoms with Crippen LogP contribution in [0.25, 0.3) is 11.0 Å². The minimum Gasteiger partial charge on any atom is -0.444 e. The Labute approximate surface area is 195 Å². The molecule has 1 fully saturated rings. The third-order valence-electron chi connectivity index (χ3n) is 5.97. The smallest absolute Gasteiger partial charge is 0.410 e. The number of rotatable bonds is 4. The number of carbonyl (C=O) groups excluding carboxylic acids is 1. The van der Waals surface area contributed by atoms with E-state index >= 15 is 0 Å². The summed E-state index contributed by atoms with van der Waals surface area (Å²) in [7, 11) is 2.06. The highest BCUT2D eigenvalue weighted by Crippen LogP contribution is 2.27. The molecule has 2 heterocycles. The first kappa shape index (κ1) is 22.7. The first-order valence-corrected chi connectivity index (χ1v) is 11.4. The molecule has 7 nitrogen and oxygen atoms in total. The number of anilines is 1. The molecule has 0 saturated carbocycles. The van der Waals surface area contributed by atoms with E-state index in [0.29, 0.717) is 25.2 Å². The molecule has 0 bridgehead atoms. The Morgan fingerprint density at radius 1 is 1.21 bits per heavy atom. The van der Waals surface area contributed by atoms with Gasteiger partial charge in [-0.15, -0.1) is 0 Å². The number of benzene rings is 2. The number of hydrogen-bond acceptors (Lipinski definition) is 5. The normalized spacial score (nSPS) is 16.5. The second-order valence-corrected chi connectivity index (χ2v) is 9.63. The van der Waals surface area contributed by atoms with Gasteiger partial charge >= 0.3 is 6.09 Å². The molecule has 2 aromatic carbocycles. The van der Waals surface area contributed by atoms with E-state index in [1.54, 1.807) is 0 Å². The van der Waals surface area contributed by atoms with Gasteiger partial charge in [-0.3, -0.25) is 0 Å². The standard InChI is InChI=1S/C26H31N5O2/c1-26(2,3)33-25(32)30-15-7-8-21(18-30)29(4)24-28-22-9-5-6-10-23(22)31(24)17-20-13-11-19(16-27)12-14-20/h5-6,9-14,21H,7-8,15,17-18H2,1-4H3/t21-/m0/s1. The molecule has 1 saturated heterocycles. The van der Waals surface area contributed by atoms with E-state index in [0.717, 1.165) is 35.4 Å². The molecule has 1 aliphatic rings. The lowest BCUT2D eigenvalue weighted by Crippen LogP contribution is -2.50.